The summed E-state index contributed by atoms with van der Waals surface area (Å²) < 4.78 is 13.0. The van der Waals surface area contributed by atoms with Crippen molar-refractivity contribution in [3.63, 3.8) is 0 Å². The van der Waals surface area contributed by atoms with Crippen molar-refractivity contribution in [2.75, 3.05) is 0 Å². The van der Waals surface area contributed by atoms with Gasteiger partial charge in [-0.1, -0.05) is 12.1 Å². The summed E-state index contributed by atoms with van der Waals surface area (Å²) in [5.74, 6) is -0.156. The highest BCUT2D eigenvalue weighted by atomic mass is 32.2. The Morgan fingerprint density at radius 3 is 2.78 bits per heavy atom. The van der Waals surface area contributed by atoms with Crippen LogP contribution in [-0.4, -0.2) is 19.1 Å². The number of rotatable bonds is 4. The van der Waals surface area contributed by atoms with Crippen molar-refractivity contribution in [3.05, 3.63) is 63.1 Å². The number of nitro groups is 1. The van der Waals surface area contributed by atoms with Crippen LogP contribution in [0.1, 0.15) is 11.3 Å². The highest BCUT2D eigenvalue weighted by Gasteiger charge is 2.24. The number of fused-ring (bicyclic) bond motifs is 1. The topological polar surface area (TPSA) is 116 Å². The number of para-hydroxylation sites is 2. The first-order valence-corrected chi connectivity index (χ1v) is 7.98. The molecular weight excluding hydrogens is 320 g/mol. The van der Waals surface area contributed by atoms with E-state index in [0.29, 0.717) is 10.2 Å². The molecule has 8 nitrogen and oxygen atoms in total. The monoisotopic (exact) mass is 332 g/mol. The van der Waals surface area contributed by atoms with Crippen molar-refractivity contribution in [1.29, 1.82) is 0 Å². The Labute approximate surface area is 133 Å². The van der Waals surface area contributed by atoms with Crippen LogP contribution in [0.25, 0.3) is 11.0 Å². The smallest absolute Gasteiger partial charge is 0.284 e. The first kappa shape index (κ1) is 15.1. The molecule has 1 atom stereocenters. The zero-order valence-electron chi connectivity index (χ0n) is 12.1. The lowest BCUT2D eigenvalue weighted by molar-refractivity contribution is -0.614. The predicted molar refractivity (Wildman–Crippen MR) is 83.0 cm³/mol. The molecule has 2 heterocycles. The largest absolute Gasteiger partial charge is 0.618 e. The fourth-order valence-corrected chi connectivity index (χ4v) is 3.42. The van der Waals surface area contributed by atoms with Crippen LogP contribution in [-0.2, 0) is 16.6 Å². The molecule has 0 bridgehead atoms. The van der Waals surface area contributed by atoms with Crippen LogP contribution in [0.3, 0.4) is 0 Å². The fourth-order valence-electron chi connectivity index (χ4n) is 2.27. The van der Waals surface area contributed by atoms with Crippen LogP contribution < -0.4 is 4.73 Å². The van der Waals surface area contributed by atoms with Gasteiger partial charge in [0.05, 0.1) is 38.4 Å². The van der Waals surface area contributed by atoms with Gasteiger partial charge in [0.15, 0.2) is 11.4 Å². The number of nitrogens with zero attached hydrogens (tertiary/aromatic N) is 3. The summed E-state index contributed by atoms with van der Waals surface area (Å²) in [6.07, 6.45) is 1.05. The highest BCUT2D eigenvalue weighted by Crippen LogP contribution is 2.21. The summed E-state index contributed by atoms with van der Waals surface area (Å²) >= 11 is 0. The first-order valence-electron chi connectivity index (χ1n) is 6.66. The number of benzene rings is 1. The van der Waals surface area contributed by atoms with E-state index in [2.05, 4.69) is 9.97 Å². The van der Waals surface area contributed by atoms with E-state index < -0.39 is 15.7 Å². The molecule has 3 rings (SSSR count). The van der Waals surface area contributed by atoms with Gasteiger partial charge in [0.1, 0.15) is 5.75 Å². The van der Waals surface area contributed by atoms with Crippen molar-refractivity contribution in [2.45, 2.75) is 17.8 Å². The van der Waals surface area contributed by atoms with Gasteiger partial charge >= 0.3 is 0 Å². The van der Waals surface area contributed by atoms with E-state index in [4.69, 9.17) is 0 Å². The number of pyridine rings is 1. The second-order valence-corrected chi connectivity index (χ2v) is 6.27. The molecule has 1 aromatic carbocycles. The van der Waals surface area contributed by atoms with Gasteiger partial charge in [0.2, 0.25) is 5.69 Å². The van der Waals surface area contributed by atoms with Crippen LogP contribution in [0.2, 0.25) is 0 Å². The molecule has 1 unspecified atom stereocenters. The van der Waals surface area contributed by atoms with Gasteiger partial charge in [-0.2, -0.15) is 4.73 Å². The molecule has 0 saturated carbocycles. The maximum absolute atomic E-state index is 12.5. The molecule has 0 saturated heterocycles. The van der Waals surface area contributed by atoms with Gasteiger partial charge in [-0.25, -0.2) is 4.98 Å². The van der Waals surface area contributed by atoms with E-state index in [1.807, 2.05) is 12.1 Å². The van der Waals surface area contributed by atoms with E-state index in [0.717, 1.165) is 17.8 Å². The lowest BCUT2D eigenvalue weighted by atomic mass is 10.2. The van der Waals surface area contributed by atoms with E-state index >= 15 is 0 Å². The summed E-state index contributed by atoms with van der Waals surface area (Å²) in [5, 5.41) is 23.1. The number of H-pyrrole nitrogens is 1. The summed E-state index contributed by atoms with van der Waals surface area (Å²) in [5.41, 5.74) is 1.53. The molecule has 118 valence electrons. The van der Waals surface area contributed by atoms with E-state index in [-0.39, 0.29) is 27.9 Å². The molecule has 1 N–H and O–H groups in total. The lowest BCUT2D eigenvalue weighted by Crippen LogP contribution is -2.33. The van der Waals surface area contributed by atoms with Gasteiger partial charge < -0.3 is 10.2 Å². The van der Waals surface area contributed by atoms with Crippen molar-refractivity contribution in [2.24, 2.45) is 0 Å². The van der Waals surface area contributed by atoms with Crippen molar-refractivity contribution in [1.82, 2.24) is 9.97 Å². The third-order valence-electron chi connectivity index (χ3n) is 3.50. The Bertz CT molecular complexity index is 905. The van der Waals surface area contributed by atoms with Crippen LogP contribution in [0.4, 0.5) is 5.69 Å². The number of aromatic nitrogens is 3. The predicted octanol–water partition coefficient (Wildman–Crippen LogP) is 1.72. The Morgan fingerprint density at radius 1 is 1.35 bits per heavy atom. The van der Waals surface area contributed by atoms with Gasteiger partial charge in [0.25, 0.3) is 5.69 Å². The molecule has 2 aromatic heterocycles. The SMILES string of the molecule is Cc1c([N+](=O)[O-])cc[n+]([O-])c1CS(=O)c1nc2ccccc2[nH]1. The number of hydrogen-bond acceptors (Lipinski definition) is 5. The molecule has 0 aliphatic carbocycles. The third-order valence-corrected chi connectivity index (χ3v) is 4.66. The Balaban J connectivity index is 1.96. The zero-order chi connectivity index (χ0) is 16.6. The second kappa shape index (κ2) is 5.76. The van der Waals surface area contributed by atoms with Gasteiger partial charge in [-0.15, -0.1) is 0 Å². The van der Waals surface area contributed by atoms with E-state index in [1.54, 1.807) is 12.1 Å². The third kappa shape index (κ3) is 2.78. The van der Waals surface area contributed by atoms with Gasteiger partial charge in [0, 0.05) is 0 Å². The standard InChI is InChI=1S/C14H12N4O4S/c1-9-12(18(20)21)6-7-17(19)13(9)8-23(22)14-15-10-4-2-3-5-11(10)16-14/h2-7H,8H2,1H3,(H,15,16). The summed E-state index contributed by atoms with van der Waals surface area (Å²) in [6.45, 7) is 1.47. The second-order valence-electron chi connectivity index (χ2n) is 4.90. The lowest BCUT2D eigenvalue weighted by Gasteiger charge is -2.06. The number of imidazole rings is 1. The maximum Gasteiger partial charge on any atom is 0.284 e. The molecule has 0 radical (unpaired) electrons. The molecular formula is C14H12N4O4S. The average Bonchev–Trinajstić information content (AvgIpc) is 2.95. The summed E-state index contributed by atoms with van der Waals surface area (Å²) in [6, 6.07) is 8.35. The Kier molecular flexibility index (Phi) is 3.78. The Hall–Kier alpha value is -2.81. The number of hydrogen-bond donors (Lipinski definition) is 1. The zero-order valence-corrected chi connectivity index (χ0v) is 12.9. The minimum absolute atomic E-state index is 0.0954. The molecule has 0 spiro atoms. The normalized spacial score (nSPS) is 12.4. The average molecular weight is 332 g/mol. The molecule has 3 aromatic rings. The Morgan fingerprint density at radius 2 is 2.09 bits per heavy atom. The van der Waals surface area contributed by atoms with E-state index in [1.165, 1.54) is 6.92 Å². The molecule has 0 amide bonds. The van der Waals surface area contributed by atoms with Gasteiger partial charge in [-0.3, -0.25) is 14.3 Å². The molecule has 0 aliphatic rings. The minimum atomic E-state index is -1.62. The maximum atomic E-state index is 12.5. The first-order chi connectivity index (χ1) is 11.0. The van der Waals surface area contributed by atoms with Crippen LogP contribution in [0.15, 0.2) is 41.7 Å². The van der Waals surface area contributed by atoms with Crippen LogP contribution in [0, 0.1) is 22.2 Å². The molecule has 0 aliphatic heterocycles. The summed E-state index contributed by atoms with van der Waals surface area (Å²) in [7, 11) is -1.62. The molecule has 9 heteroatoms. The van der Waals surface area contributed by atoms with Crippen LogP contribution >= 0.6 is 0 Å². The number of aromatic amines is 1. The fraction of sp³-hybridized carbons (Fsp3) is 0.143. The van der Waals surface area contributed by atoms with Crippen molar-refractivity contribution < 1.29 is 13.9 Å². The number of nitrogens with one attached hydrogen (secondary N) is 1. The van der Waals surface area contributed by atoms with Gasteiger partial charge in [-0.05, 0) is 19.1 Å². The quantitative estimate of drug-likeness (QED) is 0.338. The summed E-state index contributed by atoms with van der Waals surface area (Å²) in [4.78, 5) is 17.6. The molecule has 0 fully saturated rings. The van der Waals surface area contributed by atoms with E-state index in [9.17, 15) is 19.5 Å². The van der Waals surface area contributed by atoms with Crippen molar-refractivity contribution in [3.8, 4) is 0 Å². The molecule has 23 heavy (non-hydrogen) atoms. The van der Waals surface area contributed by atoms with Crippen molar-refractivity contribution >= 4 is 27.5 Å². The van der Waals surface area contributed by atoms with Crippen LogP contribution in [0.5, 0.6) is 0 Å². The minimum Gasteiger partial charge on any atom is -0.618 e. The highest BCUT2D eigenvalue weighted by molar-refractivity contribution is 7.84.